The van der Waals surface area contributed by atoms with Crippen LogP contribution in [0, 0.1) is 0 Å². The highest BCUT2D eigenvalue weighted by molar-refractivity contribution is 6.08. The molecule has 1 amide bonds. The van der Waals surface area contributed by atoms with Gasteiger partial charge in [-0.1, -0.05) is 6.07 Å². The molecule has 154 valence electrons. The number of nitrogens with zero attached hydrogens (tertiary/aromatic N) is 1. The molecule has 1 aliphatic heterocycles. The number of amides is 1. The summed E-state index contributed by atoms with van der Waals surface area (Å²) in [5, 5.41) is 13.1. The van der Waals surface area contributed by atoms with E-state index in [1.807, 2.05) is 0 Å². The van der Waals surface area contributed by atoms with Crippen molar-refractivity contribution in [3.05, 3.63) is 65.9 Å². The smallest absolute Gasteiger partial charge is 0.416 e. The minimum atomic E-state index is -4.47. The van der Waals surface area contributed by atoms with E-state index in [9.17, 15) is 23.1 Å². The molecule has 0 saturated heterocycles. The van der Waals surface area contributed by atoms with Gasteiger partial charge in [-0.05, 0) is 54.8 Å². The lowest BCUT2D eigenvalue weighted by molar-refractivity contribution is -0.137. The van der Waals surface area contributed by atoms with E-state index in [1.54, 1.807) is 12.1 Å². The van der Waals surface area contributed by atoms with Crippen LogP contribution in [0.15, 0.2) is 54.7 Å². The monoisotopic (exact) mass is 414 g/mol. The number of halogens is 3. The van der Waals surface area contributed by atoms with Crippen LogP contribution in [-0.2, 0) is 11.0 Å². The van der Waals surface area contributed by atoms with E-state index in [1.165, 1.54) is 30.5 Å². The maximum atomic E-state index is 13.0. The Morgan fingerprint density at radius 3 is 2.80 bits per heavy atom. The zero-order valence-electron chi connectivity index (χ0n) is 15.7. The number of nitrogens with one attached hydrogen (secondary N) is 1. The number of ether oxygens (including phenoxy) is 1. The number of carbonyl (C=O) groups excluding carboxylic acids is 1. The number of phenolic OH excluding ortho intramolecular Hbond substituents is 1. The van der Waals surface area contributed by atoms with Crippen LogP contribution < -0.4 is 10.1 Å². The molecule has 3 aromatic rings. The quantitative estimate of drug-likeness (QED) is 0.569. The molecule has 0 fully saturated rings. The topological polar surface area (TPSA) is 71.5 Å². The van der Waals surface area contributed by atoms with Gasteiger partial charge in [0.1, 0.15) is 11.5 Å². The molecule has 5 nitrogen and oxygen atoms in total. The van der Waals surface area contributed by atoms with Crippen LogP contribution in [0.4, 0.5) is 18.9 Å². The molecule has 4 rings (SSSR count). The SMILES string of the molecule is O=C(/C=C1\CCCOc2cc(C(F)(F)F)ccc21)Nc1ccnc2ccc(O)cc12. The van der Waals surface area contributed by atoms with Crippen molar-refractivity contribution >= 4 is 28.1 Å². The summed E-state index contributed by atoms with van der Waals surface area (Å²) in [7, 11) is 0. The third-order valence-electron chi connectivity index (χ3n) is 4.79. The van der Waals surface area contributed by atoms with E-state index in [0.717, 1.165) is 12.1 Å². The number of alkyl halides is 3. The fourth-order valence-corrected chi connectivity index (χ4v) is 3.38. The molecule has 0 radical (unpaired) electrons. The number of rotatable bonds is 2. The molecule has 1 aliphatic rings. The molecule has 0 saturated carbocycles. The third kappa shape index (κ3) is 4.07. The number of aromatic nitrogens is 1. The summed E-state index contributed by atoms with van der Waals surface area (Å²) in [6.07, 6.45) is -0.504. The summed E-state index contributed by atoms with van der Waals surface area (Å²) < 4.78 is 44.5. The van der Waals surface area contributed by atoms with Crippen molar-refractivity contribution in [2.45, 2.75) is 19.0 Å². The molecule has 2 heterocycles. The van der Waals surface area contributed by atoms with Crippen LogP contribution in [0.3, 0.4) is 0 Å². The van der Waals surface area contributed by atoms with Crippen LogP contribution >= 0.6 is 0 Å². The molecule has 30 heavy (non-hydrogen) atoms. The Morgan fingerprint density at radius 1 is 1.17 bits per heavy atom. The zero-order valence-corrected chi connectivity index (χ0v) is 15.7. The first-order chi connectivity index (χ1) is 14.3. The highest BCUT2D eigenvalue weighted by Crippen LogP contribution is 2.38. The van der Waals surface area contributed by atoms with Crippen LogP contribution in [0.1, 0.15) is 24.0 Å². The number of benzene rings is 2. The summed E-state index contributed by atoms with van der Waals surface area (Å²) in [5.41, 5.74) is 1.33. The van der Waals surface area contributed by atoms with E-state index in [2.05, 4.69) is 10.3 Å². The first kappa shape index (κ1) is 19.8. The number of allylic oxidation sites excluding steroid dienone is 1. The number of fused-ring (bicyclic) bond motifs is 2. The Bertz CT molecular complexity index is 1160. The van der Waals surface area contributed by atoms with Gasteiger partial charge in [0.05, 0.1) is 23.4 Å². The molecule has 0 atom stereocenters. The molecular formula is C22H17F3N2O3. The van der Waals surface area contributed by atoms with Gasteiger partial charge in [-0.15, -0.1) is 0 Å². The van der Waals surface area contributed by atoms with Crippen LogP contribution in [0.25, 0.3) is 16.5 Å². The fraction of sp³-hybridized carbons (Fsp3) is 0.182. The highest BCUT2D eigenvalue weighted by atomic mass is 19.4. The lowest BCUT2D eigenvalue weighted by atomic mass is 9.99. The molecule has 0 aliphatic carbocycles. The first-order valence-corrected chi connectivity index (χ1v) is 9.25. The minimum absolute atomic E-state index is 0.0414. The largest absolute Gasteiger partial charge is 0.508 e. The van der Waals surface area contributed by atoms with Crippen LogP contribution in [0.5, 0.6) is 11.5 Å². The first-order valence-electron chi connectivity index (χ1n) is 9.25. The standard InChI is InChI=1S/C22H17F3N2O3/c23-22(24,25)14-3-5-16-13(2-1-9-30-20(16)11-14)10-21(29)27-19-7-8-26-18-6-4-15(28)12-17(18)19/h3-8,10-12,28H,1-2,9H2,(H,26,27,29)/b13-10+. The number of carbonyl (C=O) groups is 1. The van der Waals surface area contributed by atoms with Crippen molar-refractivity contribution in [1.82, 2.24) is 4.98 Å². The Kier molecular flexibility index (Phi) is 5.07. The van der Waals surface area contributed by atoms with E-state index >= 15 is 0 Å². The average molecular weight is 414 g/mol. The maximum absolute atomic E-state index is 13.0. The predicted octanol–water partition coefficient (Wildman–Crippen LogP) is 5.15. The van der Waals surface area contributed by atoms with Crippen molar-refractivity contribution in [3.63, 3.8) is 0 Å². The van der Waals surface area contributed by atoms with Gasteiger partial charge in [0.25, 0.3) is 0 Å². The minimum Gasteiger partial charge on any atom is -0.508 e. The average Bonchev–Trinajstić information content (AvgIpc) is 2.89. The predicted molar refractivity (Wildman–Crippen MR) is 106 cm³/mol. The summed E-state index contributed by atoms with van der Waals surface area (Å²) in [6, 6.07) is 9.53. The lowest BCUT2D eigenvalue weighted by Gasteiger charge is -2.13. The van der Waals surface area contributed by atoms with Crippen LogP contribution in [-0.4, -0.2) is 22.6 Å². The van der Waals surface area contributed by atoms with Crippen molar-refractivity contribution in [2.24, 2.45) is 0 Å². The second-order valence-corrected chi connectivity index (χ2v) is 6.88. The van der Waals surface area contributed by atoms with Gasteiger partial charge in [-0.2, -0.15) is 13.2 Å². The highest BCUT2D eigenvalue weighted by Gasteiger charge is 2.32. The lowest BCUT2D eigenvalue weighted by Crippen LogP contribution is -2.10. The number of pyridine rings is 1. The van der Waals surface area contributed by atoms with Gasteiger partial charge in [0.15, 0.2) is 0 Å². The van der Waals surface area contributed by atoms with Crippen molar-refractivity contribution in [2.75, 3.05) is 11.9 Å². The van der Waals surface area contributed by atoms with Gasteiger partial charge < -0.3 is 15.2 Å². The third-order valence-corrected chi connectivity index (χ3v) is 4.79. The molecule has 2 aromatic carbocycles. The Hall–Kier alpha value is -3.55. The number of anilines is 1. The van der Waals surface area contributed by atoms with Gasteiger partial charge in [0.2, 0.25) is 5.91 Å². The van der Waals surface area contributed by atoms with Crippen molar-refractivity contribution in [3.8, 4) is 11.5 Å². The Balaban J connectivity index is 1.66. The summed E-state index contributed by atoms with van der Waals surface area (Å²) in [5.74, 6) is -0.283. The molecule has 0 spiro atoms. The molecule has 2 N–H and O–H groups in total. The molecule has 1 aromatic heterocycles. The Labute approximate surface area is 169 Å². The zero-order chi connectivity index (χ0) is 21.3. The second kappa shape index (κ2) is 7.70. The van der Waals surface area contributed by atoms with Gasteiger partial charge in [-0.3, -0.25) is 9.78 Å². The maximum Gasteiger partial charge on any atom is 0.416 e. The van der Waals surface area contributed by atoms with Gasteiger partial charge in [0, 0.05) is 23.2 Å². The molecule has 0 unspecified atom stereocenters. The van der Waals surface area contributed by atoms with E-state index in [-0.39, 0.29) is 18.1 Å². The summed E-state index contributed by atoms with van der Waals surface area (Å²) in [4.78, 5) is 16.9. The molecular weight excluding hydrogens is 397 g/mol. The molecule has 8 heteroatoms. The van der Waals surface area contributed by atoms with E-state index < -0.39 is 17.6 Å². The fourth-order valence-electron chi connectivity index (χ4n) is 3.38. The Morgan fingerprint density at radius 2 is 2.00 bits per heavy atom. The van der Waals surface area contributed by atoms with Gasteiger partial charge in [-0.25, -0.2) is 0 Å². The summed E-state index contributed by atoms with van der Waals surface area (Å²) >= 11 is 0. The van der Waals surface area contributed by atoms with Crippen LogP contribution in [0.2, 0.25) is 0 Å². The van der Waals surface area contributed by atoms with E-state index in [0.29, 0.717) is 40.6 Å². The molecule has 0 bridgehead atoms. The number of hydrogen-bond donors (Lipinski definition) is 2. The summed E-state index contributed by atoms with van der Waals surface area (Å²) in [6.45, 7) is 0.265. The number of aromatic hydroxyl groups is 1. The number of hydrogen-bond acceptors (Lipinski definition) is 4. The van der Waals surface area contributed by atoms with Crippen molar-refractivity contribution < 1.29 is 27.8 Å². The second-order valence-electron chi connectivity index (χ2n) is 6.88. The van der Waals surface area contributed by atoms with Crippen molar-refractivity contribution in [1.29, 1.82) is 0 Å². The normalized spacial score (nSPS) is 15.4. The van der Waals surface area contributed by atoms with E-state index in [4.69, 9.17) is 4.74 Å². The van der Waals surface area contributed by atoms with Gasteiger partial charge >= 0.3 is 6.18 Å². The number of phenols is 1.